The van der Waals surface area contributed by atoms with Gasteiger partial charge in [-0.25, -0.2) is 10.5 Å². The number of rotatable bonds is 10. The Kier molecular flexibility index (Phi) is 8.51. The molecule has 0 saturated carbocycles. The van der Waals surface area contributed by atoms with Crippen molar-refractivity contribution in [2.45, 2.75) is 30.8 Å². The van der Waals surface area contributed by atoms with Crippen molar-refractivity contribution in [3.05, 3.63) is 34.1 Å². The Hall–Kier alpha value is -3.03. The predicted molar refractivity (Wildman–Crippen MR) is 107 cm³/mol. The van der Waals surface area contributed by atoms with Gasteiger partial charge in [-0.2, -0.15) is 5.26 Å². The highest BCUT2D eigenvalue weighted by Gasteiger charge is 2.16. The van der Waals surface area contributed by atoms with Gasteiger partial charge in [-0.15, -0.1) is 0 Å². The van der Waals surface area contributed by atoms with E-state index in [1.165, 1.54) is 26.0 Å². The third kappa shape index (κ3) is 5.97. The first-order valence-electron chi connectivity index (χ1n) is 8.86. The van der Waals surface area contributed by atoms with Crippen molar-refractivity contribution in [2.75, 3.05) is 20.0 Å². The number of nitrogens with zero attached hydrogens (tertiary/aromatic N) is 2. The molecule has 0 radical (unpaired) electrons. The number of benzene rings is 1. The Morgan fingerprint density at radius 1 is 1.28 bits per heavy atom. The van der Waals surface area contributed by atoms with Crippen LogP contribution < -0.4 is 20.5 Å². The summed E-state index contributed by atoms with van der Waals surface area (Å²) < 4.78 is 10.5. The average Bonchev–Trinajstić information content (AvgIpc) is 2.74. The number of nitriles is 1. The Morgan fingerprint density at radius 3 is 2.69 bits per heavy atom. The van der Waals surface area contributed by atoms with Gasteiger partial charge in [-0.1, -0.05) is 18.2 Å². The maximum absolute atomic E-state index is 12.3. The SMILES string of the molecule is COc1ccc(-c2nc(SCCCCCC(=O)NO)[nH]c(=O)c2C#N)cc1OC. The van der Waals surface area contributed by atoms with Crippen LogP contribution in [-0.2, 0) is 4.79 Å². The van der Waals surface area contributed by atoms with E-state index in [4.69, 9.17) is 14.7 Å². The molecule has 0 atom stereocenters. The molecule has 10 heteroatoms. The number of unbranched alkanes of at least 4 members (excludes halogenated alkanes) is 2. The quantitative estimate of drug-likeness (QED) is 0.176. The normalized spacial score (nSPS) is 10.3. The van der Waals surface area contributed by atoms with Crippen molar-refractivity contribution in [1.82, 2.24) is 15.4 Å². The molecule has 0 aliphatic carbocycles. The highest BCUT2D eigenvalue weighted by atomic mass is 32.2. The lowest BCUT2D eigenvalue weighted by Gasteiger charge is -2.11. The number of amides is 1. The van der Waals surface area contributed by atoms with Crippen LogP contribution in [0.5, 0.6) is 11.5 Å². The number of nitrogens with one attached hydrogen (secondary N) is 2. The molecule has 29 heavy (non-hydrogen) atoms. The second kappa shape index (κ2) is 11.1. The Labute approximate surface area is 172 Å². The summed E-state index contributed by atoms with van der Waals surface area (Å²) in [6, 6.07) is 6.98. The highest BCUT2D eigenvalue weighted by molar-refractivity contribution is 7.99. The second-order valence-corrected chi connectivity index (χ2v) is 7.05. The molecule has 0 fully saturated rings. The van der Waals surface area contributed by atoms with Gasteiger partial charge < -0.3 is 14.5 Å². The summed E-state index contributed by atoms with van der Waals surface area (Å²) in [5.41, 5.74) is 1.87. The van der Waals surface area contributed by atoms with Crippen LogP contribution in [0.25, 0.3) is 11.3 Å². The van der Waals surface area contributed by atoms with Gasteiger partial charge in [0.15, 0.2) is 16.7 Å². The molecule has 1 heterocycles. The number of ether oxygens (including phenoxy) is 2. The Bertz CT molecular complexity index is 955. The molecule has 1 amide bonds. The van der Waals surface area contributed by atoms with Gasteiger partial charge in [0.25, 0.3) is 5.56 Å². The Balaban J connectivity index is 2.15. The molecule has 3 N–H and O–H groups in total. The van der Waals surface area contributed by atoms with Crippen molar-refractivity contribution >= 4 is 17.7 Å². The van der Waals surface area contributed by atoms with Crippen molar-refractivity contribution in [3.63, 3.8) is 0 Å². The topological polar surface area (TPSA) is 137 Å². The monoisotopic (exact) mass is 418 g/mol. The largest absolute Gasteiger partial charge is 0.493 e. The minimum Gasteiger partial charge on any atom is -0.493 e. The number of hydrogen-bond donors (Lipinski definition) is 3. The molecule has 154 valence electrons. The van der Waals surface area contributed by atoms with Crippen molar-refractivity contribution in [3.8, 4) is 28.8 Å². The first kappa shape index (κ1) is 22.3. The van der Waals surface area contributed by atoms with Crippen molar-refractivity contribution < 1.29 is 19.5 Å². The van der Waals surface area contributed by atoms with E-state index in [2.05, 4.69) is 9.97 Å². The van der Waals surface area contributed by atoms with E-state index in [0.717, 1.165) is 12.8 Å². The molecular formula is C19H22N4O5S. The van der Waals surface area contributed by atoms with Crippen LogP contribution in [0.2, 0.25) is 0 Å². The molecule has 1 aromatic carbocycles. The van der Waals surface area contributed by atoms with Gasteiger partial charge in [0, 0.05) is 17.7 Å². The zero-order valence-electron chi connectivity index (χ0n) is 16.2. The van der Waals surface area contributed by atoms with Crippen LogP contribution in [-0.4, -0.2) is 41.1 Å². The highest BCUT2D eigenvalue weighted by Crippen LogP contribution is 2.32. The maximum atomic E-state index is 12.3. The van der Waals surface area contributed by atoms with E-state index in [-0.39, 0.29) is 17.7 Å². The number of carbonyl (C=O) groups is 1. The molecule has 2 rings (SSSR count). The molecule has 0 saturated heterocycles. The van der Waals surface area contributed by atoms with E-state index in [1.807, 2.05) is 6.07 Å². The maximum Gasteiger partial charge on any atom is 0.270 e. The van der Waals surface area contributed by atoms with Crippen LogP contribution >= 0.6 is 11.8 Å². The average molecular weight is 418 g/mol. The third-order valence-corrected chi connectivity index (χ3v) is 5.04. The van der Waals surface area contributed by atoms with Crippen LogP contribution in [0.3, 0.4) is 0 Å². The van der Waals surface area contributed by atoms with Gasteiger partial charge >= 0.3 is 0 Å². The molecule has 0 spiro atoms. The first-order chi connectivity index (χ1) is 14.0. The molecule has 9 nitrogen and oxygen atoms in total. The number of H-pyrrole nitrogens is 1. The molecule has 1 aromatic heterocycles. The van der Waals surface area contributed by atoms with E-state index in [1.54, 1.807) is 23.7 Å². The Morgan fingerprint density at radius 2 is 2.03 bits per heavy atom. The summed E-state index contributed by atoms with van der Waals surface area (Å²) >= 11 is 1.36. The van der Waals surface area contributed by atoms with Crippen LogP contribution in [0.15, 0.2) is 28.2 Å². The summed E-state index contributed by atoms with van der Waals surface area (Å²) in [5.74, 6) is 1.28. The summed E-state index contributed by atoms with van der Waals surface area (Å²) in [6.45, 7) is 0. The molecule has 0 unspecified atom stereocenters. The van der Waals surface area contributed by atoms with Gasteiger partial charge in [0.1, 0.15) is 11.6 Å². The molecule has 0 aliphatic heterocycles. The lowest BCUT2D eigenvalue weighted by molar-refractivity contribution is -0.129. The summed E-state index contributed by atoms with van der Waals surface area (Å²) in [7, 11) is 3.03. The van der Waals surface area contributed by atoms with Gasteiger partial charge in [0.2, 0.25) is 5.91 Å². The minimum atomic E-state index is -0.505. The standard InChI is InChI=1S/C19H22N4O5S/c1-27-14-8-7-12(10-15(14)28-2)17-13(11-20)18(25)22-19(21-17)29-9-5-3-4-6-16(24)23-26/h7-8,10,26H,3-6,9H2,1-2H3,(H,23,24)(H,21,22,25). The van der Waals surface area contributed by atoms with E-state index in [0.29, 0.717) is 34.4 Å². The third-order valence-electron chi connectivity index (χ3n) is 4.08. The number of hydrogen-bond acceptors (Lipinski definition) is 8. The fraction of sp³-hybridized carbons (Fsp3) is 0.368. The zero-order valence-corrected chi connectivity index (χ0v) is 17.0. The molecular weight excluding hydrogens is 396 g/mol. The number of aromatic amines is 1. The lowest BCUT2D eigenvalue weighted by Crippen LogP contribution is -2.17. The number of aromatic nitrogens is 2. The smallest absolute Gasteiger partial charge is 0.270 e. The van der Waals surface area contributed by atoms with E-state index in [9.17, 15) is 14.9 Å². The van der Waals surface area contributed by atoms with Gasteiger partial charge in [0.05, 0.1) is 19.9 Å². The lowest BCUT2D eigenvalue weighted by atomic mass is 10.1. The molecule has 0 aliphatic rings. The van der Waals surface area contributed by atoms with Gasteiger partial charge in [-0.05, 0) is 31.0 Å². The molecule has 0 bridgehead atoms. The van der Waals surface area contributed by atoms with E-state index < -0.39 is 11.5 Å². The summed E-state index contributed by atoms with van der Waals surface area (Å²) in [4.78, 5) is 30.4. The summed E-state index contributed by atoms with van der Waals surface area (Å²) in [6.07, 6.45) is 2.51. The molecule has 2 aromatic rings. The van der Waals surface area contributed by atoms with E-state index >= 15 is 0 Å². The van der Waals surface area contributed by atoms with Gasteiger partial charge in [-0.3, -0.25) is 14.8 Å². The predicted octanol–water partition coefficient (Wildman–Crippen LogP) is 2.48. The van der Waals surface area contributed by atoms with Crippen molar-refractivity contribution in [2.24, 2.45) is 0 Å². The number of hydroxylamine groups is 1. The van der Waals surface area contributed by atoms with Crippen LogP contribution in [0, 0.1) is 11.3 Å². The number of carbonyl (C=O) groups excluding carboxylic acids is 1. The van der Waals surface area contributed by atoms with Crippen molar-refractivity contribution in [1.29, 1.82) is 5.26 Å². The first-order valence-corrected chi connectivity index (χ1v) is 9.85. The number of methoxy groups -OCH3 is 2. The summed E-state index contributed by atoms with van der Waals surface area (Å²) in [5, 5.41) is 18.3. The second-order valence-electron chi connectivity index (χ2n) is 5.97. The fourth-order valence-corrected chi connectivity index (χ4v) is 3.47. The minimum absolute atomic E-state index is 0.0726. The van der Waals surface area contributed by atoms with Crippen LogP contribution in [0.1, 0.15) is 31.2 Å². The van der Waals surface area contributed by atoms with Crippen LogP contribution in [0.4, 0.5) is 0 Å². The number of thioether (sulfide) groups is 1. The zero-order chi connectivity index (χ0) is 21.2. The fourth-order valence-electron chi connectivity index (χ4n) is 2.61.